The van der Waals surface area contributed by atoms with E-state index in [4.69, 9.17) is 0 Å². The molecule has 2 rings (SSSR count). The number of benzene rings is 1. The zero-order chi connectivity index (χ0) is 12.1. The van der Waals surface area contributed by atoms with E-state index in [1.807, 2.05) is 12.1 Å². The summed E-state index contributed by atoms with van der Waals surface area (Å²) in [7, 11) is 0. The molecule has 1 aliphatic carbocycles. The number of hydrogen-bond acceptors (Lipinski definition) is 2. The molecule has 94 valence electrons. The number of phenolic OH excluding ortho intramolecular Hbond substituents is 1. The predicted molar refractivity (Wildman–Crippen MR) is 69.1 cm³/mol. The van der Waals surface area contributed by atoms with Crippen LogP contribution in [0, 0.1) is 0 Å². The van der Waals surface area contributed by atoms with E-state index < -0.39 is 0 Å². The number of aromatic hydroxyl groups is 1. The van der Waals surface area contributed by atoms with Gasteiger partial charge in [-0.15, -0.1) is 0 Å². The van der Waals surface area contributed by atoms with E-state index in [2.05, 4.69) is 0 Å². The third-order valence-corrected chi connectivity index (χ3v) is 3.84. The van der Waals surface area contributed by atoms with Crippen LogP contribution in [-0.4, -0.2) is 10.2 Å². The van der Waals surface area contributed by atoms with Crippen LogP contribution in [0.2, 0.25) is 0 Å². The van der Waals surface area contributed by atoms with Crippen LogP contribution in [0.4, 0.5) is 0 Å². The van der Waals surface area contributed by atoms with Crippen LogP contribution in [0.3, 0.4) is 0 Å². The number of hydrogen-bond donors (Lipinski definition) is 2. The van der Waals surface area contributed by atoms with Crippen LogP contribution in [0.15, 0.2) is 18.2 Å². The van der Waals surface area contributed by atoms with Crippen molar-refractivity contribution in [2.24, 2.45) is 0 Å². The van der Waals surface area contributed by atoms with Gasteiger partial charge in [-0.25, -0.2) is 0 Å². The summed E-state index contributed by atoms with van der Waals surface area (Å²) in [6, 6.07) is 5.36. The van der Waals surface area contributed by atoms with Gasteiger partial charge in [-0.1, -0.05) is 38.2 Å². The second-order valence-electron chi connectivity index (χ2n) is 5.08. The summed E-state index contributed by atoms with van der Waals surface area (Å²) in [5.74, 6) is 0.837. The molecular formula is C15H22O2. The number of aliphatic hydroxyl groups excluding tert-OH is 1. The molecule has 0 unspecified atom stereocenters. The van der Waals surface area contributed by atoms with Crippen molar-refractivity contribution in [1.29, 1.82) is 0 Å². The zero-order valence-electron chi connectivity index (χ0n) is 10.4. The van der Waals surface area contributed by atoms with E-state index in [1.54, 1.807) is 6.07 Å². The Morgan fingerprint density at radius 1 is 1.00 bits per heavy atom. The minimum atomic E-state index is 0.0755. The van der Waals surface area contributed by atoms with E-state index >= 15 is 0 Å². The van der Waals surface area contributed by atoms with E-state index in [0.29, 0.717) is 11.7 Å². The molecular weight excluding hydrogens is 212 g/mol. The maximum atomic E-state index is 9.61. The average molecular weight is 234 g/mol. The van der Waals surface area contributed by atoms with Crippen LogP contribution in [0.5, 0.6) is 5.75 Å². The molecule has 0 amide bonds. The monoisotopic (exact) mass is 234 g/mol. The summed E-state index contributed by atoms with van der Waals surface area (Å²) in [5.41, 5.74) is 2.14. The average Bonchev–Trinajstić information content (AvgIpc) is 2.28. The standard InChI is InChI=1S/C15H22O2/c16-11-13-8-9-14(17)10-15(13)12-6-4-2-1-3-5-7-12/h8-10,12,16-17H,1-7,11H2. The third kappa shape index (κ3) is 3.22. The Labute approximate surface area is 103 Å². The Morgan fingerprint density at radius 3 is 2.29 bits per heavy atom. The highest BCUT2D eigenvalue weighted by molar-refractivity contribution is 5.37. The van der Waals surface area contributed by atoms with E-state index in [0.717, 1.165) is 11.1 Å². The lowest BCUT2D eigenvalue weighted by atomic mass is 9.84. The summed E-state index contributed by atoms with van der Waals surface area (Å²) in [6.07, 6.45) is 8.93. The van der Waals surface area contributed by atoms with Gasteiger partial charge in [0, 0.05) is 0 Å². The molecule has 1 aromatic rings. The lowest BCUT2D eigenvalue weighted by Crippen LogP contribution is -2.05. The summed E-state index contributed by atoms with van der Waals surface area (Å²) < 4.78 is 0. The van der Waals surface area contributed by atoms with Crippen LogP contribution < -0.4 is 0 Å². The van der Waals surface area contributed by atoms with Crippen molar-refractivity contribution in [2.75, 3.05) is 0 Å². The van der Waals surface area contributed by atoms with Crippen molar-refractivity contribution in [3.05, 3.63) is 29.3 Å². The molecule has 2 nitrogen and oxygen atoms in total. The van der Waals surface area contributed by atoms with E-state index in [9.17, 15) is 10.2 Å². The highest BCUT2D eigenvalue weighted by atomic mass is 16.3. The van der Waals surface area contributed by atoms with Crippen LogP contribution in [-0.2, 0) is 6.61 Å². The molecule has 1 fully saturated rings. The first-order valence-electron chi connectivity index (χ1n) is 6.74. The first-order chi connectivity index (χ1) is 8.31. The Bertz CT molecular complexity index is 352. The van der Waals surface area contributed by atoms with Gasteiger partial charge in [0.2, 0.25) is 0 Å². The Balaban J connectivity index is 2.20. The van der Waals surface area contributed by atoms with Gasteiger partial charge in [0.05, 0.1) is 6.61 Å². The van der Waals surface area contributed by atoms with Crippen LogP contribution in [0.1, 0.15) is 62.0 Å². The van der Waals surface area contributed by atoms with E-state index in [1.165, 1.54) is 44.9 Å². The second-order valence-corrected chi connectivity index (χ2v) is 5.08. The molecule has 1 aromatic carbocycles. The zero-order valence-corrected chi connectivity index (χ0v) is 10.4. The third-order valence-electron chi connectivity index (χ3n) is 3.84. The molecule has 0 spiro atoms. The minimum Gasteiger partial charge on any atom is -0.508 e. The van der Waals surface area contributed by atoms with Gasteiger partial charge in [-0.05, 0) is 42.0 Å². The first-order valence-corrected chi connectivity index (χ1v) is 6.74. The number of phenols is 1. The molecule has 0 radical (unpaired) electrons. The molecule has 0 heterocycles. The van der Waals surface area contributed by atoms with Crippen LogP contribution in [0.25, 0.3) is 0 Å². The van der Waals surface area contributed by atoms with Gasteiger partial charge in [0.1, 0.15) is 5.75 Å². The van der Waals surface area contributed by atoms with Crippen molar-refractivity contribution in [3.63, 3.8) is 0 Å². The molecule has 0 saturated heterocycles. The Hall–Kier alpha value is -1.02. The quantitative estimate of drug-likeness (QED) is 0.819. The van der Waals surface area contributed by atoms with Crippen molar-refractivity contribution < 1.29 is 10.2 Å². The van der Waals surface area contributed by atoms with Crippen molar-refractivity contribution in [2.45, 2.75) is 57.5 Å². The van der Waals surface area contributed by atoms with E-state index in [-0.39, 0.29) is 6.61 Å². The minimum absolute atomic E-state index is 0.0755. The highest BCUT2D eigenvalue weighted by Crippen LogP contribution is 2.34. The molecule has 0 bridgehead atoms. The largest absolute Gasteiger partial charge is 0.508 e. The van der Waals surface area contributed by atoms with Gasteiger partial charge in [-0.3, -0.25) is 0 Å². The number of aliphatic hydroxyl groups is 1. The normalized spacial score (nSPS) is 18.6. The molecule has 17 heavy (non-hydrogen) atoms. The molecule has 1 saturated carbocycles. The lowest BCUT2D eigenvalue weighted by Gasteiger charge is -2.22. The SMILES string of the molecule is OCc1ccc(O)cc1C1CCCCCCC1. The first kappa shape index (κ1) is 12.4. The fourth-order valence-electron chi connectivity index (χ4n) is 2.87. The molecule has 1 aliphatic rings. The van der Waals surface area contributed by atoms with Crippen LogP contribution >= 0.6 is 0 Å². The topological polar surface area (TPSA) is 40.5 Å². The summed E-state index contributed by atoms with van der Waals surface area (Å²) >= 11 is 0. The summed E-state index contributed by atoms with van der Waals surface area (Å²) in [4.78, 5) is 0. The second kappa shape index (κ2) is 6.06. The van der Waals surface area contributed by atoms with Gasteiger partial charge in [0.15, 0.2) is 0 Å². The Kier molecular flexibility index (Phi) is 4.43. The fourth-order valence-corrected chi connectivity index (χ4v) is 2.87. The maximum Gasteiger partial charge on any atom is 0.115 e. The molecule has 0 atom stereocenters. The number of rotatable bonds is 2. The summed E-state index contributed by atoms with van der Waals surface area (Å²) in [5, 5.41) is 19.0. The predicted octanol–water partition coefficient (Wildman–Crippen LogP) is 3.71. The molecule has 2 heteroatoms. The van der Waals surface area contributed by atoms with Gasteiger partial charge in [0.25, 0.3) is 0 Å². The highest BCUT2D eigenvalue weighted by Gasteiger charge is 2.17. The van der Waals surface area contributed by atoms with Crippen molar-refractivity contribution in [3.8, 4) is 5.75 Å². The smallest absolute Gasteiger partial charge is 0.115 e. The maximum absolute atomic E-state index is 9.61. The molecule has 2 N–H and O–H groups in total. The summed E-state index contributed by atoms with van der Waals surface area (Å²) in [6.45, 7) is 0.0755. The lowest BCUT2D eigenvalue weighted by molar-refractivity contribution is 0.278. The van der Waals surface area contributed by atoms with Crippen molar-refractivity contribution >= 4 is 0 Å². The Morgan fingerprint density at radius 2 is 1.65 bits per heavy atom. The van der Waals surface area contributed by atoms with Gasteiger partial charge >= 0.3 is 0 Å². The van der Waals surface area contributed by atoms with Crippen molar-refractivity contribution in [1.82, 2.24) is 0 Å². The van der Waals surface area contributed by atoms with Gasteiger partial charge in [-0.2, -0.15) is 0 Å². The fraction of sp³-hybridized carbons (Fsp3) is 0.600. The molecule has 0 aromatic heterocycles. The molecule has 0 aliphatic heterocycles. The van der Waals surface area contributed by atoms with Gasteiger partial charge < -0.3 is 10.2 Å².